The molecule has 8 heteroatoms. The van der Waals surface area contributed by atoms with Crippen LogP contribution in [0.25, 0.3) is 0 Å². The molecule has 0 aliphatic carbocycles. The molecular formula is C14H20ClN3O4. The Morgan fingerprint density at radius 1 is 1.50 bits per heavy atom. The Morgan fingerprint density at radius 2 is 2.23 bits per heavy atom. The Labute approximate surface area is 135 Å². The fourth-order valence-corrected chi connectivity index (χ4v) is 2.54. The molecule has 2 rings (SSSR count). The van der Waals surface area contributed by atoms with E-state index in [1.807, 2.05) is 7.05 Å². The number of rotatable bonds is 4. The summed E-state index contributed by atoms with van der Waals surface area (Å²) in [5.74, 6) is 0.117. The molecule has 0 aromatic heterocycles. The zero-order valence-corrected chi connectivity index (χ0v) is 13.4. The number of likely N-dealkylation sites (tertiary alicyclic amines) is 1. The molecule has 1 fully saturated rings. The number of nitrogens with zero attached hydrogens (tertiary/aromatic N) is 2. The van der Waals surface area contributed by atoms with Crippen molar-refractivity contribution in [3.63, 3.8) is 0 Å². The number of nitro benzene ring substituents is 1. The van der Waals surface area contributed by atoms with Gasteiger partial charge in [-0.3, -0.25) is 14.9 Å². The van der Waals surface area contributed by atoms with Gasteiger partial charge in [0.2, 0.25) is 0 Å². The first-order valence-corrected chi connectivity index (χ1v) is 6.85. The number of piperidine rings is 1. The van der Waals surface area contributed by atoms with E-state index in [0.717, 1.165) is 12.8 Å². The first kappa shape index (κ1) is 18.2. The predicted octanol–water partition coefficient (Wildman–Crippen LogP) is 1.85. The molecule has 0 radical (unpaired) electrons. The van der Waals surface area contributed by atoms with E-state index >= 15 is 0 Å². The number of amides is 1. The molecule has 1 unspecified atom stereocenters. The maximum Gasteiger partial charge on any atom is 0.282 e. The van der Waals surface area contributed by atoms with Crippen LogP contribution in [0.4, 0.5) is 5.69 Å². The number of carbonyl (C=O) groups is 1. The van der Waals surface area contributed by atoms with Crippen molar-refractivity contribution in [3.05, 3.63) is 33.9 Å². The van der Waals surface area contributed by atoms with E-state index < -0.39 is 4.92 Å². The molecule has 0 bridgehead atoms. The van der Waals surface area contributed by atoms with Gasteiger partial charge < -0.3 is 15.0 Å². The standard InChI is InChI=1S/C14H19N3O4.ClH/c1-15-10-4-3-7-16(9-10)14(18)12-8-11(21-2)5-6-13(12)17(19)20;/h5-6,8,10,15H,3-4,7,9H2,1-2H3;1H. The molecule has 1 aromatic carbocycles. The summed E-state index contributed by atoms with van der Waals surface area (Å²) < 4.78 is 5.06. The molecule has 1 N–H and O–H groups in total. The van der Waals surface area contributed by atoms with Gasteiger partial charge in [-0.15, -0.1) is 12.4 Å². The largest absolute Gasteiger partial charge is 0.497 e. The summed E-state index contributed by atoms with van der Waals surface area (Å²) in [5, 5.41) is 14.3. The third-order valence-corrected chi connectivity index (χ3v) is 3.75. The molecule has 1 aliphatic heterocycles. The minimum Gasteiger partial charge on any atom is -0.497 e. The molecule has 0 spiro atoms. The highest BCUT2D eigenvalue weighted by molar-refractivity contribution is 5.98. The number of ether oxygens (including phenoxy) is 1. The van der Waals surface area contributed by atoms with E-state index in [-0.39, 0.29) is 35.6 Å². The van der Waals surface area contributed by atoms with Gasteiger partial charge in [0, 0.05) is 25.2 Å². The Kier molecular flexibility index (Phi) is 6.58. The molecule has 122 valence electrons. The summed E-state index contributed by atoms with van der Waals surface area (Å²) in [6, 6.07) is 4.46. The van der Waals surface area contributed by atoms with Crippen molar-refractivity contribution in [1.82, 2.24) is 10.2 Å². The normalized spacial score (nSPS) is 17.5. The molecule has 22 heavy (non-hydrogen) atoms. The Balaban J connectivity index is 0.00000242. The van der Waals surface area contributed by atoms with Crippen LogP contribution in [0.3, 0.4) is 0 Å². The van der Waals surface area contributed by atoms with Crippen LogP contribution in [0, 0.1) is 10.1 Å². The van der Waals surface area contributed by atoms with Gasteiger partial charge in [0.25, 0.3) is 11.6 Å². The molecule has 1 aromatic rings. The van der Waals surface area contributed by atoms with Crippen LogP contribution in [0.1, 0.15) is 23.2 Å². The van der Waals surface area contributed by atoms with Crippen LogP contribution in [0.15, 0.2) is 18.2 Å². The van der Waals surface area contributed by atoms with E-state index in [1.165, 1.54) is 25.3 Å². The average molecular weight is 330 g/mol. The molecule has 7 nitrogen and oxygen atoms in total. The second-order valence-electron chi connectivity index (χ2n) is 5.02. The number of hydrogen-bond donors (Lipinski definition) is 1. The zero-order valence-electron chi connectivity index (χ0n) is 12.6. The number of carbonyl (C=O) groups excluding carboxylic acids is 1. The summed E-state index contributed by atoms with van der Waals surface area (Å²) in [5.41, 5.74) is -0.108. The lowest BCUT2D eigenvalue weighted by Gasteiger charge is -2.32. The van der Waals surface area contributed by atoms with E-state index in [4.69, 9.17) is 4.74 Å². The van der Waals surface area contributed by atoms with Crippen molar-refractivity contribution < 1.29 is 14.5 Å². The minimum atomic E-state index is -0.536. The Bertz CT molecular complexity index is 553. The van der Waals surface area contributed by atoms with Gasteiger partial charge in [-0.25, -0.2) is 0 Å². The van der Waals surface area contributed by atoms with Crippen molar-refractivity contribution in [1.29, 1.82) is 0 Å². The highest BCUT2D eigenvalue weighted by Gasteiger charge is 2.28. The van der Waals surface area contributed by atoms with Gasteiger partial charge in [0.05, 0.1) is 12.0 Å². The first-order valence-electron chi connectivity index (χ1n) is 6.85. The smallest absolute Gasteiger partial charge is 0.282 e. The number of methoxy groups -OCH3 is 1. The zero-order chi connectivity index (χ0) is 15.4. The van der Waals surface area contributed by atoms with Crippen LogP contribution in [-0.2, 0) is 0 Å². The lowest BCUT2D eigenvalue weighted by Crippen LogP contribution is -2.47. The van der Waals surface area contributed by atoms with Gasteiger partial charge in [0.1, 0.15) is 11.3 Å². The van der Waals surface area contributed by atoms with Crippen LogP contribution in [-0.4, -0.2) is 49.0 Å². The number of likely N-dealkylation sites (N-methyl/N-ethyl adjacent to an activating group) is 1. The maximum atomic E-state index is 12.6. The molecule has 0 saturated carbocycles. The fraction of sp³-hybridized carbons (Fsp3) is 0.500. The van der Waals surface area contributed by atoms with Crippen LogP contribution in [0.5, 0.6) is 5.75 Å². The second kappa shape index (κ2) is 7.95. The monoisotopic (exact) mass is 329 g/mol. The molecule has 1 saturated heterocycles. The summed E-state index contributed by atoms with van der Waals surface area (Å²) in [6.07, 6.45) is 1.88. The summed E-state index contributed by atoms with van der Waals surface area (Å²) in [7, 11) is 3.32. The topological polar surface area (TPSA) is 84.7 Å². The van der Waals surface area contributed by atoms with E-state index in [0.29, 0.717) is 18.8 Å². The van der Waals surface area contributed by atoms with Crippen molar-refractivity contribution >= 4 is 24.0 Å². The van der Waals surface area contributed by atoms with Crippen LogP contribution < -0.4 is 10.1 Å². The fourth-order valence-electron chi connectivity index (χ4n) is 2.54. The van der Waals surface area contributed by atoms with Crippen molar-refractivity contribution in [2.45, 2.75) is 18.9 Å². The third-order valence-electron chi connectivity index (χ3n) is 3.75. The third kappa shape index (κ3) is 3.86. The summed E-state index contributed by atoms with van der Waals surface area (Å²) >= 11 is 0. The SMILES string of the molecule is CNC1CCCN(C(=O)c2cc(OC)ccc2[N+](=O)[O-])C1.Cl. The maximum absolute atomic E-state index is 12.6. The van der Waals surface area contributed by atoms with Crippen LogP contribution in [0.2, 0.25) is 0 Å². The highest BCUT2D eigenvalue weighted by Crippen LogP contribution is 2.26. The second-order valence-corrected chi connectivity index (χ2v) is 5.02. The Hall–Kier alpha value is -1.86. The van der Waals surface area contributed by atoms with Crippen LogP contribution >= 0.6 is 12.4 Å². The van der Waals surface area contributed by atoms with Gasteiger partial charge >= 0.3 is 0 Å². The van der Waals surface area contributed by atoms with E-state index in [2.05, 4.69) is 5.32 Å². The van der Waals surface area contributed by atoms with Crippen molar-refractivity contribution in [2.24, 2.45) is 0 Å². The van der Waals surface area contributed by atoms with E-state index in [9.17, 15) is 14.9 Å². The Morgan fingerprint density at radius 3 is 2.82 bits per heavy atom. The highest BCUT2D eigenvalue weighted by atomic mass is 35.5. The van der Waals surface area contributed by atoms with Crippen molar-refractivity contribution in [3.8, 4) is 5.75 Å². The predicted molar refractivity (Wildman–Crippen MR) is 84.9 cm³/mol. The lowest BCUT2D eigenvalue weighted by molar-refractivity contribution is -0.385. The van der Waals surface area contributed by atoms with Gasteiger partial charge in [-0.2, -0.15) is 0 Å². The van der Waals surface area contributed by atoms with Gasteiger partial charge in [-0.1, -0.05) is 0 Å². The minimum absolute atomic E-state index is 0. The summed E-state index contributed by atoms with van der Waals surface area (Å²) in [4.78, 5) is 24.8. The molecule has 1 heterocycles. The lowest BCUT2D eigenvalue weighted by atomic mass is 10.0. The number of nitro groups is 1. The number of halogens is 1. The van der Waals surface area contributed by atoms with Gasteiger partial charge in [0.15, 0.2) is 0 Å². The molecule has 1 amide bonds. The number of hydrogen-bond acceptors (Lipinski definition) is 5. The van der Waals surface area contributed by atoms with Gasteiger partial charge in [-0.05, 0) is 32.0 Å². The quantitative estimate of drug-likeness (QED) is 0.673. The van der Waals surface area contributed by atoms with E-state index in [1.54, 1.807) is 4.90 Å². The molecule has 1 aliphatic rings. The first-order chi connectivity index (χ1) is 10.1. The average Bonchev–Trinajstić information content (AvgIpc) is 2.53. The van der Waals surface area contributed by atoms with Crippen molar-refractivity contribution in [2.75, 3.05) is 27.2 Å². The molecular weight excluding hydrogens is 310 g/mol. The molecule has 1 atom stereocenters. The number of nitrogens with one attached hydrogen (secondary N) is 1. The summed E-state index contributed by atoms with van der Waals surface area (Å²) in [6.45, 7) is 1.18. The number of benzene rings is 1.